The summed E-state index contributed by atoms with van der Waals surface area (Å²) in [6.45, 7) is 1.24. The molecule has 32 heavy (non-hydrogen) atoms. The number of ether oxygens (including phenoxy) is 1. The van der Waals surface area contributed by atoms with E-state index >= 15 is 0 Å². The Labute approximate surface area is 190 Å². The molecule has 0 saturated carbocycles. The van der Waals surface area contributed by atoms with E-state index in [1.54, 1.807) is 0 Å². The van der Waals surface area contributed by atoms with Crippen molar-refractivity contribution in [3.63, 3.8) is 0 Å². The van der Waals surface area contributed by atoms with Gasteiger partial charge < -0.3 is 25.7 Å². The molecule has 2 amide bonds. The minimum absolute atomic E-state index is 0.0227. The van der Waals surface area contributed by atoms with Crippen molar-refractivity contribution < 1.29 is 33.9 Å². The molecule has 1 aromatic heterocycles. The highest BCUT2D eigenvalue weighted by Crippen LogP contribution is 2.39. The van der Waals surface area contributed by atoms with Crippen LogP contribution in [0.15, 0.2) is 33.3 Å². The fraction of sp³-hybridized carbons (Fsp3) is 0.333. The Bertz CT molecular complexity index is 1050. The molecule has 4 N–H and O–H groups in total. The predicted octanol–water partition coefficient (Wildman–Crippen LogP) is -0.0663. The Morgan fingerprint density at radius 2 is 2.22 bits per heavy atom. The van der Waals surface area contributed by atoms with E-state index < -0.39 is 35.8 Å². The van der Waals surface area contributed by atoms with Gasteiger partial charge in [0.2, 0.25) is 0 Å². The highest BCUT2D eigenvalue weighted by molar-refractivity contribution is 8.03. The molecule has 2 atom stereocenters. The molecule has 2 aliphatic heterocycles. The van der Waals surface area contributed by atoms with Gasteiger partial charge in [-0.15, -0.1) is 23.1 Å². The van der Waals surface area contributed by atoms with Crippen LogP contribution in [0.3, 0.4) is 0 Å². The first kappa shape index (κ1) is 23.3. The fourth-order valence-corrected chi connectivity index (χ4v) is 4.82. The van der Waals surface area contributed by atoms with Gasteiger partial charge in [0.25, 0.3) is 11.8 Å². The van der Waals surface area contributed by atoms with Crippen molar-refractivity contribution in [3.05, 3.63) is 33.8 Å². The van der Waals surface area contributed by atoms with Gasteiger partial charge in [0.05, 0.1) is 6.04 Å². The van der Waals surface area contributed by atoms with Crippen molar-refractivity contribution in [2.24, 2.45) is 5.16 Å². The van der Waals surface area contributed by atoms with Gasteiger partial charge in [-0.1, -0.05) is 5.16 Å². The fourth-order valence-electron chi connectivity index (χ4n) is 3.07. The third-order valence-electron chi connectivity index (χ3n) is 4.41. The van der Waals surface area contributed by atoms with Crippen LogP contribution in [0.4, 0.5) is 5.13 Å². The molecule has 2 aliphatic rings. The molecule has 0 spiro atoms. The highest BCUT2D eigenvalue weighted by Gasteiger charge is 2.53. The van der Waals surface area contributed by atoms with Crippen LogP contribution in [-0.2, 0) is 28.8 Å². The third-order valence-corrected chi connectivity index (χ3v) is 6.23. The van der Waals surface area contributed by atoms with Crippen LogP contribution in [0, 0.1) is 0 Å². The minimum atomic E-state index is -1.29. The number of carbonyl (C=O) groups is 4. The maximum atomic E-state index is 12.7. The molecule has 0 radical (unpaired) electrons. The first-order valence-electron chi connectivity index (χ1n) is 9.11. The second-order valence-electron chi connectivity index (χ2n) is 6.45. The number of amides is 2. The molecule has 0 aliphatic carbocycles. The van der Waals surface area contributed by atoms with Crippen LogP contribution in [0.1, 0.15) is 12.6 Å². The molecule has 0 bridgehead atoms. The smallest absolute Gasteiger partial charge is 0.353 e. The SMILES string of the molecule is CON=C(C(=O)NC1C(=O)N2C(C(=O)O)=C(C=CCOC(C)=O)SCC12)c1csc(N)n1. The maximum Gasteiger partial charge on any atom is 0.353 e. The van der Waals surface area contributed by atoms with E-state index in [0.29, 0.717) is 10.7 Å². The largest absolute Gasteiger partial charge is 0.477 e. The molecule has 14 heteroatoms. The number of allylic oxidation sites excluding steroid dienone is 1. The Kier molecular flexibility index (Phi) is 7.15. The molecule has 0 aromatic carbocycles. The van der Waals surface area contributed by atoms with Gasteiger partial charge in [-0.25, -0.2) is 9.78 Å². The summed E-state index contributed by atoms with van der Waals surface area (Å²) < 4.78 is 4.79. The number of hydrogen-bond donors (Lipinski definition) is 3. The van der Waals surface area contributed by atoms with Gasteiger partial charge in [-0.3, -0.25) is 19.3 Å². The van der Waals surface area contributed by atoms with Gasteiger partial charge in [-0.05, 0) is 12.2 Å². The molecule has 1 saturated heterocycles. The lowest BCUT2D eigenvalue weighted by atomic mass is 9.94. The summed E-state index contributed by atoms with van der Waals surface area (Å²) in [5.74, 6) is -2.67. The van der Waals surface area contributed by atoms with E-state index in [1.165, 1.54) is 43.3 Å². The number of nitrogen functional groups attached to an aromatic ring is 1. The lowest BCUT2D eigenvalue weighted by molar-refractivity contribution is -0.153. The first-order chi connectivity index (χ1) is 15.2. The van der Waals surface area contributed by atoms with Crippen molar-refractivity contribution in [2.45, 2.75) is 19.0 Å². The van der Waals surface area contributed by atoms with Gasteiger partial charge in [0, 0.05) is 23.0 Å². The summed E-state index contributed by atoms with van der Waals surface area (Å²) >= 11 is 2.33. The number of nitrogens with zero attached hydrogens (tertiary/aromatic N) is 3. The number of thioether (sulfide) groups is 1. The molecule has 3 rings (SSSR count). The second-order valence-corrected chi connectivity index (χ2v) is 8.41. The van der Waals surface area contributed by atoms with Crippen LogP contribution < -0.4 is 11.1 Å². The molecular formula is C18H19N5O7S2. The molecule has 1 fully saturated rings. The Morgan fingerprint density at radius 1 is 1.47 bits per heavy atom. The number of aliphatic carboxylic acids is 1. The number of carboxylic acid groups (broad SMARTS) is 1. The van der Waals surface area contributed by atoms with Gasteiger partial charge in [0.15, 0.2) is 10.8 Å². The summed E-state index contributed by atoms with van der Waals surface area (Å²) in [6, 6.07) is -1.49. The van der Waals surface area contributed by atoms with Gasteiger partial charge in [0.1, 0.15) is 31.1 Å². The lowest BCUT2D eigenvalue weighted by Crippen LogP contribution is -2.73. The number of carbonyl (C=O) groups excluding carboxylic acids is 3. The monoisotopic (exact) mass is 481 g/mol. The van der Waals surface area contributed by atoms with Crippen LogP contribution in [0.25, 0.3) is 0 Å². The van der Waals surface area contributed by atoms with E-state index in [9.17, 15) is 24.3 Å². The lowest BCUT2D eigenvalue weighted by Gasteiger charge is -2.49. The first-order valence-corrected chi connectivity index (χ1v) is 11.0. The van der Waals surface area contributed by atoms with Crippen molar-refractivity contribution in [2.75, 3.05) is 25.2 Å². The molecular weight excluding hydrogens is 462 g/mol. The number of anilines is 1. The number of rotatable bonds is 8. The van der Waals surface area contributed by atoms with Gasteiger partial charge >= 0.3 is 11.9 Å². The van der Waals surface area contributed by atoms with E-state index in [-0.39, 0.29) is 28.8 Å². The standard InChI is InChI=1S/C18H19N5O7S2/c1-8(24)30-5-3-4-11-14(17(27)28)23-10(7-31-11)13(16(23)26)21-15(25)12(22-29-2)9-6-32-18(19)20-9/h3-4,6,10,13H,5,7H2,1-2H3,(H2,19,20)(H,21,25)(H,27,28). The van der Waals surface area contributed by atoms with E-state index in [4.69, 9.17) is 15.3 Å². The number of fused-ring (bicyclic) bond motifs is 1. The normalized spacial score (nSPS) is 20.6. The number of nitrogens with one attached hydrogen (secondary N) is 1. The highest BCUT2D eigenvalue weighted by atomic mass is 32.2. The Balaban J connectivity index is 1.75. The zero-order chi connectivity index (χ0) is 23.4. The number of nitrogens with two attached hydrogens (primary N) is 1. The van der Waals surface area contributed by atoms with Crippen LogP contribution in [0.2, 0.25) is 0 Å². The number of oxime groups is 1. The van der Waals surface area contributed by atoms with Crippen LogP contribution in [0.5, 0.6) is 0 Å². The minimum Gasteiger partial charge on any atom is -0.477 e. The topological polar surface area (TPSA) is 174 Å². The number of hydrogen-bond acceptors (Lipinski definition) is 11. The maximum absolute atomic E-state index is 12.7. The average molecular weight is 482 g/mol. The molecule has 12 nitrogen and oxygen atoms in total. The Hall–Kier alpha value is -3.39. The molecule has 3 heterocycles. The van der Waals surface area contributed by atoms with Crippen molar-refractivity contribution in [1.29, 1.82) is 0 Å². The van der Waals surface area contributed by atoms with E-state index in [1.807, 2.05) is 0 Å². The van der Waals surface area contributed by atoms with Crippen molar-refractivity contribution >= 4 is 57.7 Å². The summed E-state index contributed by atoms with van der Waals surface area (Å²) in [5, 5.41) is 17.7. The van der Waals surface area contributed by atoms with Crippen LogP contribution in [-0.4, -0.2) is 76.0 Å². The van der Waals surface area contributed by atoms with Crippen molar-refractivity contribution in [3.8, 4) is 0 Å². The summed E-state index contributed by atoms with van der Waals surface area (Å²) in [7, 11) is 1.26. The second kappa shape index (κ2) is 9.82. The van der Waals surface area contributed by atoms with E-state index in [0.717, 1.165) is 16.2 Å². The molecule has 2 unspecified atom stereocenters. The zero-order valence-electron chi connectivity index (χ0n) is 16.9. The number of aromatic nitrogens is 1. The summed E-state index contributed by atoms with van der Waals surface area (Å²) in [5.41, 5.74) is 5.45. The summed E-state index contributed by atoms with van der Waals surface area (Å²) in [4.78, 5) is 58.3. The number of β-lactam (4-membered cyclic amide) rings is 1. The number of carboxylic acids is 1. The molecule has 170 valence electrons. The van der Waals surface area contributed by atoms with Crippen molar-refractivity contribution in [1.82, 2.24) is 15.2 Å². The predicted molar refractivity (Wildman–Crippen MR) is 116 cm³/mol. The summed E-state index contributed by atoms with van der Waals surface area (Å²) in [6.07, 6.45) is 2.98. The Morgan fingerprint density at radius 3 is 2.81 bits per heavy atom. The van der Waals surface area contributed by atoms with Crippen LogP contribution >= 0.6 is 23.1 Å². The molecule has 1 aromatic rings. The number of thiazole rings is 1. The zero-order valence-corrected chi connectivity index (χ0v) is 18.6. The third kappa shape index (κ3) is 4.75. The average Bonchev–Trinajstić information content (AvgIpc) is 3.17. The number of esters is 1. The van der Waals surface area contributed by atoms with E-state index in [2.05, 4.69) is 15.5 Å². The quantitative estimate of drug-likeness (QED) is 0.197. The van der Waals surface area contributed by atoms with Gasteiger partial charge in [-0.2, -0.15) is 0 Å².